The zero-order chi connectivity index (χ0) is 15.6. The third-order valence-corrected chi connectivity index (χ3v) is 4.19. The van der Waals surface area contributed by atoms with Gasteiger partial charge in [-0.05, 0) is 23.6 Å². The third-order valence-electron chi connectivity index (χ3n) is 3.32. The minimum Gasteiger partial charge on any atom is -0.337 e. The summed E-state index contributed by atoms with van der Waals surface area (Å²) >= 11 is 1.60. The van der Waals surface area contributed by atoms with Crippen molar-refractivity contribution in [3.63, 3.8) is 0 Å². The first-order chi connectivity index (χ1) is 11.3. The van der Waals surface area contributed by atoms with E-state index >= 15 is 0 Å². The van der Waals surface area contributed by atoms with Crippen molar-refractivity contribution in [1.82, 2.24) is 19.9 Å². The fourth-order valence-corrected chi connectivity index (χ4v) is 2.96. The predicted octanol–water partition coefficient (Wildman–Crippen LogP) is 3.33. The Balaban J connectivity index is 1.73. The molecule has 3 heterocycles. The van der Waals surface area contributed by atoms with E-state index < -0.39 is 0 Å². The lowest BCUT2D eigenvalue weighted by molar-refractivity contribution is 0.102. The number of benzene rings is 1. The van der Waals surface area contributed by atoms with Crippen LogP contribution in [0.3, 0.4) is 0 Å². The zero-order valence-corrected chi connectivity index (χ0v) is 12.7. The maximum absolute atomic E-state index is 12.5. The number of nitrogens with zero attached hydrogens (tertiary/aromatic N) is 3. The standard InChI is InChI=1S/C16H11N5OS/c22-16(20-13-9-17-6-7-18-13)10-3-1-4-11-14(10)21-15(19-11)12-5-2-8-23-12/h1-9H,(H,19,21)(H,18,20,22). The Morgan fingerprint density at radius 3 is 2.91 bits per heavy atom. The molecule has 1 aromatic carbocycles. The summed E-state index contributed by atoms with van der Waals surface area (Å²) < 4.78 is 0. The third kappa shape index (κ3) is 2.58. The molecule has 0 fully saturated rings. The molecule has 4 aromatic rings. The van der Waals surface area contributed by atoms with Gasteiger partial charge in [0.2, 0.25) is 0 Å². The Morgan fingerprint density at radius 2 is 2.13 bits per heavy atom. The van der Waals surface area contributed by atoms with Gasteiger partial charge in [-0.25, -0.2) is 9.97 Å². The highest BCUT2D eigenvalue weighted by molar-refractivity contribution is 7.13. The highest BCUT2D eigenvalue weighted by Crippen LogP contribution is 2.26. The lowest BCUT2D eigenvalue weighted by Gasteiger charge is -2.03. The number of hydrogen-bond donors (Lipinski definition) is 2. The van der Waals surface area contributed by atoms with Gasteiger partial charge in [0.15, 0.2) is 5.82 Å². The van der Waals surface area contributed by atoms with Crippen LogP contribution in [0.1, 0.15) is 10.4 Å². The Hall–Kier alpha value is -3.06. The van der Waals surface area contributed by atoms with E-state index in [0.717, 1.165) is 16.2 Å². The number of amides is 1. The van der Waals surface area contributed by atoms with Crippen molar-refractivity contribution in [1.29, 1.82) is 0 Å². The summed E-state index contributed by atoms with van der Waals surface area (Å²) in [4.78, 5) is 29.3. The number of carbonyl (C=O) groups excluding carboxylic acids is 1. The van der Waals surface area contributed by atoms with E-state index in [-0.39, 0.29) is 5.91 Å². The molecule has 1 amide bonds. The van der Waals surface area contributed by atoms with Crippen LogP contribution in [0.25, 0.3) is 21.7 Å². The van der Waals surface area contributed by atoms with Crippen LogP contribution in [0.2, 0.25) is 0 Å². The lowest BCUT2D eigenvalue weighted by atomic mass is 10.1. The minimum atomic E-state index is -0.264. The van der Waals surface area contributed by atoms with Gasteiger partial charge in [-0.1, -0.05) is 12.1 Å². The van der Waals surface area contributed by atoms with Gasteiger partial charge in [0, 0.05) is 12.4 Å². The second-order valence-corrected chi connectivity index (χ2v) is 5.76. The molecular weight excluding hydrogens is 310 g/mol. The summed E-state index contributed by atoms with van der Waals surface area (Å²) in [5.41, 5.74) is 1.95. The SMILES string of the molecule is O=C(Nc1cnccn1)c1cccc2[nH]c(-c3cccs3)nc12. The number of H-pyrrole nitrogens is 1. The summed E-state index contributed by atoms with van der Waals surface area (Å²) in [5.74, 6) is 0.901. The molecule has 0 unspecified atom stereocenters. The maximum Gasteiger partial charge on any atom is 0.259 e. The van der Waals surface area contributed by atoms with Crippen LogP contribution < -0.4 is 5.32 Å². The number of thiophene rings is 1. The maximum atomic E-state index is 12.5. The quantitative estimate of drug-likeness (QED) is 0.606. The lowest BCUT2D eigenvalue weighted by Crippen LogP contribution is -2.13. The van der Waals surface area contributed by atoms with Gasteiger partial charge in [0.25, 0.3) is 5.91 Å². The molecule has 0 bridgehead atoms. The van der Waals surface area contributed by atoms with Crippen LogP contribution in [0.5, 0.6) is 0 Å². The summed E-state index contributed by atoms with van der Waals surface area (Å²) in [6.07, 6.45) is 4.58. The van der Waals surface area contributed by atoms with E-state index in [0.29, 0.717) is 16.9 Å². The summed E-state index contributed by atoms with van der Waals surface area (Å²) in [6, 6.07) is 9.42. The number of nitrogens with one attached hydrogen (secondary N) is 2. The molecule has 0 atom stereocenters. The van der Waals surface area contributed by atoms with E-state index in [1.165, 1.54) is 12.4 Å². The number of carbonyl (C=O) groups is 1. The number of para-hydroxylation sites is 1. The first kappa shape index (κ1) is 13.6. The van der Waals surface area contributed by atoms with Gasteiger partial charge in [0.05, 0.1) is 22.2 Å². The van der Waals surface area contributed by atoms with E-state index in [2.05, 4.69) is 25.3 Å². The van der Waals surface area contributed by atoms with Gasteiger partial charge in [-0.15, -0.1) is 11.3 Å². The number of fused-ring (bicyclic) bond motifs is 1. The van der Waals surface area contributed by atoms with Gasteiger partial charge >= 0.3 is 0 Å². The molecule has 0 aliphatic heterocycles. The van der Waals surface area contributed by atoms with Crippen molar-refractivity contribution in [3.8, 4) is 10.7 Å². The van der Waals surface area contributed by atoms with E-state index in [9.17, 15) is 4.79 Å². The molecule has 0 aliphatic rings. The first-order valence-electron chi connectivity index (χ1n) is 6.91. The van der Waals surface area contributed by atoms with Crippen molar-refractivity contribution >= 4 is 34.1 Å². The van der Waals surface area contributed by atoms with E-state index in [1.807, 2.05) is 29.6 Å². The minimum absolute atomic E-state index is 0.264. The molecule has 7 heteroatoms. The molecule has 0 saturated carbocycles. The summed E-state index contributed by atoms with van der Waals surface area (Å²) in [7, 11) is 0. The predicted molar refractivity (Wildman–Crippen MR) is 89.4 cm³/mol. The molecule has 0 radical (unpaired) electrons. The normalized spacial score (nSPS) is 10.8. The Morgan fingerprint density at radius 1 is 1.17 bits per heavy atom. The van der Waals surface area contributed by atoms with Crippen molar-refractivity contribution in [3.05, 3.63) is 59.9 Å². The molecule has 3 aromatic heterocycles. The second-order valence-electron chi connectivity index (χ2n) is 4.81. The van der Waals surface area contributed by atoms with Crippen LogP contribution in [0, 0.1) is 0 Å². The number of anilines is 1. The van der Waals surface area contributed by atoms with Crippen LogP contribution in [-0.2, 0) is 0 Å². The molecule has 4 rings (SSSR count). The van der Waals surface area contributed by atoms with Gasteiger partial charge in [-0.3, -0.25) is 9.78 Å². The smallest absolute Gasteiger partial charge is 0.259 e. The highest BCUT2D eigenvalue weighted by atomic mass is 32.1. The van der Waals surface area contributed by atoms with Gasteiger partial charge in [-0.2, -0.15) is 0 Å². The molecule has 0 spiro atoms. The average Bonchev–Trinajstić information content (AvgIpc) is 3.24. The molecule has 6 nitrogen and oxygen atoms in total. The van der Waals surface area contributed by atoms with E-state index in [1.54, 1.807) is 23.6 Å². The molecule has 0 saturated heterocycles. The number of aromatic amines is 1. The van der Waals surface area contributed by atoms with Gasteiger partial charge in [0.1, 0.15) is 11.3 Å². The number of aromatic nitrogens is 4. The molecular formula is C16H11N5OS. The van der Waals surface area contributed by atoms with Crippen molar-refractivity contribution in [2.45, 2.75) is 0 Å². The van der Waals surface area contributed by atoms with Crippen LogP contribution in [0.15, 0.2) is 54.3 Å². The Kier molecular flexibility index (Phi) is 3.32. The largest absolute Gasteiger partial charge is 0.337 e. The highest BCUT2D eigenvalue weighted by Gasteiger charge is 2.15. The first-order valence-corrected chi connectivity index (χ1v) is 7.79. The van der Waals surface area contributed by atoms with Crippen LogP contribution >= 0.6 is 11.3 Å². The van der Waals surface area contributed by atoms with Gasteiger partial charge < -0.3 is 10.3 Å². The van der Waals surface area contributed by atoms with E-state index in [4.69, 9.17) is 0 Å². The topological polar surface area (TPSA) is 83.6 Å². The molecule has 2 N–H and O–H groups in total. The number of imidazole rings is 1. The second kappa shape index (κ2) is 5.62. The average molecular weight is 321 g/mol. The van der Waals surface area contributed by atoms with Crippen LogP contribution in [0.4, 0.5) is 5.82 Å². The fourth-order valence-electron chi connectivity index (χ4n) is 2.29. The monoisotopic (exact) mass is 321 g/mol. The van der Waals surface area contributed by atoms with Crippen LogP contribution in [-0.4, -0.2) is 25.8 Å². The number of rotatable bonds is 3. The molecule has 112 valence electrons. The molecule has 23 heavy (non-hydrogen) atoms. The van der Waals surface area contributed by atoms with Crippen molar-refractivity contribution < 1.29 is 4.79 Å². The molecule has 0 aliphatic carbocycles. The summed E-state index contributed by atoms with van der Waals surface area (Å²) in [5, 5.41) is 4.72. The Bertz CT molecular complexity index is 963. The van der Waals surface area contributed by atoms with Crippen molar-refractivity contribution in [2.24, 2.45) is 0 Å². The zero-order valence-electron chi connectivity index (χ0n) is 11.9. The van der Waals surface area contributed by atoms with Crippen molar-refractivity contribution in [2.75, 3.05) is 5.32 Å². The summed E-state index contributed by atoms with van der Waals surface area (Å²) in [6.45, 7) is 0. The number of hydrogen-bond acceptors (Lipinski definition) is 5. The fraction of sp³-hybridized carbons (Fsp3) is 0. The Labute approximate surface area is 135 Å².